The molecule has 1 fully saturated rings. The highest BCUT2D eigenvalue weighted by molar-refractivity contribution is 6.32. The number of nitrogens with one attached hydrogen (secondary N) is 1. The van der Waals surface area contributed by atoms with E-state index in [0.717, 1.165) is 22.4 Å². The summed E-state index contributed by atoms with van der Waals surface area (Å²) >= 11 is 6.09. The number of fused-ring (bicyclic) bond motifs is 1. The van der Waals surface area contributed by atoms with E-state index in [2.05, 4.69) is 9.97 Å². The van der Waals surface area contributed by atoms with Crippen molar-refractivity contribution < 1.29 is 4.79 Å². The van der Waals surface area contributed by atoms with Crippen molar-refractivity contribution in [2.24, 2.45) is 0 Å². The van der Waals surface area contributed by atoms with Crippen LogP contribution in [0.5, 0.6) is 0 Å². The fourth-order valence-electron chi connectivity index (χ4n) is 2.87. The van der Waals surface area contributed by atoms with Crippen molar-refractivity contribution in [2.45, 2.75) is 5.92 Å². The van der Waals surface area contributed by atoms with E-state index in [1.807, 2.05) is 53.4 Å². The molecule has 1 aliphatic heterocycles. The van der Waals surface area contributed by atoms with Gasteiger partial charge in [-0.25, -0.2) is 4.98 Å². The molecule has 1 amide bonds. The number of amides is 1. The van der Waals surface area contributed by atoms with Gasteiger partial charge in [0.15, 0.2) is 0 Å². The summed E-state index contributed by atoms with van der Waals surface area (Å²) in [5, 5.41) is 0.644. The number of aromatic nitrogens is 2. The second-order valence-electron chi connectivity index (χ2n) is 5.93. The summed E-state index contributed by atoms with van der Waals surface area (Å²) in [6, 6.07) is 15.4. The standard InChI is InChI=1S/C19H16ClN3O/c20-15-6-2-1-5-13(15)9-10-18(24)23-11-14(12-23)19-21-16-7-3-4-8-17(16)22-19/h1-10,14H,11-12H2,(H,21,22)/b10-9+. The second-order valence-corrected chi connectivity index (χ2v) is 6.34. The molecule has 0 unspecified atom stereocenters. The third kappa shape index (κ3) is 2.81. The molecule has 0 aliphatic carbocycles. The van der Waals surface area contributed by atoms with Gasteiger partial charge in [-0.05, 0) is 29.8 Å². The van der Waals surface area contributed by atoms with E-state index in [1.54, 1.807) is 12.2 Å². The molecule has 2 heterocycles. The maximum Gasteiger partial charge on any atom is 0.246 e. The lowest BCUT2D eigenvalue weighted by Crippen LogP contribution is -2.48. The summed E-state index contributed by atoms with van der Waals surface area (Å²) in [6.07, 6.45) is 3.34. The molecule has 5 heteroatoms. The van der Waals surface area contributed by atoms with Gasteiger partial charge in [-0.2, -0.15) is 0 Å². The van der Waals surface area contributed by atoms with E-state index in [4.69, 9.17) is 11.6 Å². The first kappa shape index (κ1) is 15.0. The number of imidazole rings is 1. The van der Waals surface area contributed by atoms with Crippen LogP contribution in [0, 0.1) is 0 Å². The van der Waals surface area contributed by atoms with Gasteiger partial charge < -0.3 is 9.88 Å². The van der Waals surface area contributed by atoms with Crippen molar-refractivity contribution in [1.29, 1.82) is 0 Å². The number of likely N-dealkylation sites (tertiary alicyclic amines) is 1. The molecule has 0 spiro atoms. The Morgan fingerprint density at radius 3 is 2.71 bits per heavy atom. The number of rotatable bonds is 3. The lowest BCUT2D eigenvalue weighted by atomic mass is 9.99. The largest absolute Gasteiger partial charge is 0.342 e. The quantitative estimate of drug-likeness (QED) is 0.738. The maximum atomic E-state index is 12.2. The molecule has 3 aromatic rings. The van der Waals surface area contributed by atoms with Gasteiger partial charge in [0.1, 0.15) is 5.82 Å². The zero-order chi connectivity index (χ0) is 16.5. The highest BCUT2D eigenvalue weighted by atomic mass is 35.5. The monoisotopic (exact) mass is 337 g/mol. The fraction of sp³-hybridized carbons (Fsp3) is 0.158. The Morgan fingerprint density at radius 1 is 1.17 bits per heavy atom. The molecule has 24 heavy (non-hydrogen) atoms. The number of benzene rings is 2. The van der Waals surface area contributed by atoms with Crippen LogP contribution in [0.15, 0.2) is 54.6 Å². The molecular formula is C19H16ClN3O. The SMILES string of the molecule is O=C(/C=C/c1ccccc1Cl)N1CC(c2nc3ccccc3[nH]2)C1. The zero-order valence-corrected chi connectivity index (χ0v) is 13.7. The van der Waals surface area contributed by atoms with Gasteiger partial charge in [0.05, 0.1) is 17.0 Å². The highest BCUT2D eigenvalue weighted by Crippen LogP contribution is 2.27. The van der Waals surface area contributed by atoms with Crippen molar-refractivity contribution in [1.82, 2.24) is 14.9 Å². The van der Waals surface area contributed by atoms with Crippen LogP contribution in [-0.2, 0) is 4.79 Å². The van der Waals surface area contributed by atoms with Gasteiger partial charge >= 0.3 is 0 Å². The molecule has 1 aromatic heterocycles. The molecular weight excluding hydrogens is 322 g/mol. The third-order valence-electron chi connectivity index (χ3n) is 4.30. The highest BCUT2D eigenvalue weighted by Gasteiger charge is 2.32. The Balaban J connectivity index is 1.40. The molecule has 1 aliphatic rings. The van der Waals surface area contributed by atoms with E-state index >= 15 is 0 Å². The average molecular weight is 338 g/mol. The normalized spacial score (nSPS) is 15.1. The molecule has 4 rings (SSSR count). The van der Waals surface area contributed by atoms with Gasteiger partial charge in [0.25, 0.3) is 0 Å². The summed E-state index contributed by atoms with van der Waals surface area (Å²) in [5.74, 6) is 1.23. The smallest absolute Gasteiger partial charge is 0.246 e. The van der Waals surface area contributed by atoms with Crippen molar-refractivity contribution in [3.63, 3.8) is 0 Å². The Bertz CT molecular complexity index is 892. The Labute approximate surface area is 144 Å². The van der Waals surface area contributed by atoms with E-state index < -0.39 is 0 Å². The summed E-state index contributed by atoms with van der Waals surface area (Å²) in [7, 11) is 0. The summed E-state index contributed by atoms with van der Waals surface area (Å²) in [6.45, 7) is 1.37. The van der Waals surface area contributed by atoms with Gasteiger partial charge in [0.2, 0.25) is 5.91 Å². The van der Waals surface area contributed by atoms with E-state index in [1.165, 1.54) is 0 Å². The zero-order valence-electron chi connectivity index (χ0n) is 12.9. The topological polar surface area (TPSA) is 49.0 Å². The number of carbonyl (C=O) groups is 1. The number of H-pyrrole nitrogens is 1. The maximum absolute atomic E-state index is 12.2. The van der Waals surface area contributed by atoms with E-state index in [-0.39, 0.29) is 11.8 Å². The minimum Gasteiger partial charge on any atom is -0.342 e. The number of aromatic amines is 1. The number of hydrogen-bond donors (Lipinski definition) is 1. The van der Waals surface area contributed by atoms with Crippen LogP contribution in [0.2, 0.25) is 5.02 Å². The molecule has 4 nitrogen and oxygen atoms in total. The predicted octanol–water partition coefficient (Wildman–Crippen LogP) is 3.86. The number of halogens is 1. The van der Waals surface area contributed by atoms with Gasteiger partial charge in [-0.1, -0.05) is 41.9 Å². The van der Waals surface area contributed by atoms with E-state index in [9.17, 15) is 4.79 Å². The van der Waals surface area contributed by atoms with Crippen LogP contribution in [0.1, 0.15) is 17.3 Å². The number of nitrogens with zero attached hydrogens (tertiary/aromatic N) is 2. The molecule has 0 atom stereocenters. The predicted molar refractivity (Wildman–Crippen MR) is 95.9 cm³/mol. The first-order valence-corrected chi connectivity index (χ1v) is 8.24. The lowest BCUT2D eigenvalue weighted by Gasteiger charge is -2.37. The van der Waals surface area contributed by atoms with Crippen LogP contribution in [0.3, 0.4) is 0 Å². The minimum absolute atomic E-state index is 0.00211. The molecule has 0 bridgehead atoms. The van der Waals surface area contributed by atoms with Crippen LogP contribution in [-0.4, -0.2) is 33.9 Å². The molecule has 0 saturated carbocycles. The summed E-state index contributed by atoms with van der Waals surface area (Å²) < 4.78 is 0. The second kappa shape index (κ2) is 6.13. The van der Waals surface area contributed by atoms with Crippen molar-refractivity contribution in [2.75, 3.05) is 13.1 Å². The number of para-hydroxylation sites is 2. The Kier molecular flexibility index (Phi) is 3.82. The fourth-order valence-corrected chi connectivity index (χ4v) is 3.07. The van der Waals surface area contributed by atoms with E-state index in [0.29, 0.717) is 18.1 Å². The average Bonchev–Trinajstić information content (AvgIpc) is 2.96. The molecule has 120 valence electrons. The molecule has 0 radical (unpaired) electrons. The van der Waals surface area contributed by atoms with Gasteiger partial charge in [0, 0.05) is 24.2 Å². The van der Waals surface area contributed by atoms with Crippen LogP contribution < -0.4 is 0 Å². The Morgan fingerprint density at radius 2 is 1.92 bits per heavy atom. The molecule has 2 aromatic carbocycles. The van der Waals surface area contributed by atoms with Gasteiger partial charge in [-0.3, -0.25) is 4.79 Å². The first-order valence-electron chi connectivity index (χ1n) is 7.87. The molecule has 1 saturated heterocycles. The van der Waals surface area contributed by atoms with Crippen LogP contribution in [0.4, 0.5) is 0 Å². The Hall–Kier alpha value is -2.59. The summed E-state index contributed by atoms with van der Waals surface area (Å²) in [4.78, 5) is 22.0. The van der Waals surface area contributed by atoms with Crippen molar-refractivity contribution in [3.05, 3.63) is 71.0 Å². The first-order chi connectivity index (χ1) is 11.7. The lowest BCUT2D eigenvalue weighted by molar-refractivity contribution is -0.130. The number of carbonyl (C=O) groups excluding carboxylic acids is 1. The third-order valence-corrected chi connectivity index (χ3v) is 4.64. The summed E-state index contributed by atoms with van der Waals surface area (Å²) in [5.41, 5.74) is 2.86. The molecule has 1 N–H and O–H groups in total. The van der Waals surface area contributed by atoms with Crippen molar-refractivity contribution in [3.8, 4) is 0 Å². The van der Waals surface area contributed by atoms with Crippen LogP contribution in [0.25, 0.3) is 17.1 Å². The number of hydrogen-bond acceptors (Lipinski definition) is 2. The van der Waals surface area contributed by atoms with Gasteiger partial charge in [-0.15, -0.1) is 0 Å². The van der Waals surface area contributed by atoms with Crippen molar-refractivity contribution >= 4 is 34.6 Å². The minimum atomic E-state index is 0.00211. The van der Waals surface area contributed by atoms with Crippen LogP contribution >= 0.6 is 11.6 Å².